The van der Waals surface area contributed by atoms with Crippen molar-refractivity contribution in [2.24, 2.45) is 0 Å². The number of anilines is 1. The summed E-state index contributed by atoms with van der Waals surface area (Å²) in [5.41, 5.74) is 0.521. The lowest BCUT2D eigenvalue weighted by molar-refractivity contribution is -0.131. The van der Waals surface area contributed by atoms with E-state index in [1.807, 2.05) is 0 Å². The maximum Gasteiger partial charge on any atom is 0.328 e. The number of carbonyl (C=O) groups is 2. The van der Waals surface area contributed by atoms with E-state index in [9.17, 15) is 9.59 Å². The van der Waals surface area contributed by atoms with Crippen molar-refractivity contribution in [3.8, 4) is 0 Å². The molecule has 0 saturated heterocycles. The van der Waals surface area contributed by atoms with E-state index in [4.69, 9.17) is 5.11 Å². The normalized spacial score (nSPS) is 10.0. The van der Waals surface area contributed by atoms with Gasteiger partial charge in [0.25, 0.3) is 0 Å². The molecule has 0 radical (unpaired) electrons. The van der Waals surface area contributed by atoms with Crippen molar-refractivity contribution >= 4 is 17.6 Å². The Bertz CT molecular complexity index is 360. The molecule has 0 atom stereocenters. The van der Waals surface area contributed by atoms with Crippen LogP contribution in [0.4, 0.5) is 5.69 Å². The first-order valence-corrected chi connectivity index (χ1v) is 3.80. The zero-order valence-corrected chi connectivity index (χ0v) is 7.18. The number of hydrogen-bond donors (Lipinski definition) is 2. The second-order valence-electron chi connectivity index (χ2n) is 2.40. The molecule has 0 saturated carbocycles. The number of nitrogens with zero attached hydrogens (tertiary/aromatic N) is 1. The van der Waals surface area contributed by atoms with Crippen LogP contribution in [0.2, 0.25) is 0 Å². The molecule has 72 valence electrons. The number of aliphatic carboxylic acids is 1. The Kier molecular flexibility index (Phi) is 3.37. The Balaban J connectivity index is 2.54. The maximum absolute atomic E-state index is 11.0. The second kappa shape index (κ2) is 4.76. The predicted molar refractivity (Wildman–Crippen MR) is 49.6 cm³/mol. The minimum Gasteiger partial charge on any atom is -0.478 e. The van der Waals surface area contributed by atoms with E-state index < -0.39 is 11.9 Å². The van der Waals surface area contributed by atoms with Gasteiger partial charge in [0.05, 0.1) is 11.9 Å². The summed E-state index contributed by atoms with van der Waals surface area (Å²) in [4.78, 5) is 24.9. The zero-order valence-electron chi connectivity index (χ0n) is 7.18. The lowest BCUT2D eigenvalue weighted by atomic mass is 10.4. The van der Waals surface area contributed by atoms with E-state index in [1.54, 1.807) is 18.3 Å². The summed E-state index contributed by atoms with van der Waals surface area (Å²) in [5.74, 6) is -1.66. The van der Waals surface area contributed by atoms with Gasteiger partial charge in [-0.15, -0.1) is 0 Å². The third-order valence-electron chi connectivity index (χ3n) is 1.31. The van der Waals surface area contributed by atoms with Crippen LogP contribution in [-0.4, -0.2) is 22.0 Å². The molecule has 1 rings (SSSR count). The molecule has 1 amide bonds. The molecular formula is C9H8N2O3. The van der Waals surface area contributed by atoms with E-state index in [0.717, 1.165) is 12.2 Å². The van der Waals surface area contributed by atoms with Crippen molar-refractivity contribution in [3.63, 3.8) is 0 Å². The van der Waals surface area contributed by atoms with Crippen molar-refractivity contribution < 1.29 is 14.7 Å². The fraction of sp³-hybridized carbons (Fsp3) is 0. The number of rotatable bonds is 3. The Morgan fingerprint density at radius 1 is 1.43 bits per heavy atom. The van der Waals surface area contributed by atoms with Crippen molar-refractivity contribution in [2.75, 3.05) is 5.32 Å². The van der Waals surface area contributed by atoms with Crippen molar-refractivity contribution in [3.05, 3.63) is 36.7 Å². The van der Waals surface area contributed by atoms with Crippen LogP contribution in [0.1, 0.15) is 0 Å². The highest BCUT2D eigenvalue weighted by atomic mass is 16.4. The third-order valence-corrected chi connectivity index (χ3v) is 1.31. The van der Waals surface area contributed by atoms with Crippen molar-refractivity contribution in [1.29, 1.82) is 0 Å². The van der Waals surface area contributed by atoms with Gasteiger partial charge >= 0.3 is 5.97 Å². The van der Waals surface area contributed by atoms with Gasteiger partial charge in [-0.3, -0.25) is 9.78 Å². The number of nitrogens with one attached hydrogen (secondary N) is 1. The molecule has 0 unspecified atom stereocenters. The topological polar surface area (TPSA) is 79.3 Å². The molecule has 1 aromatic heterocycles. The van der Waals surface area contributed by atoms with E-state index in [1.165, 1.54) is 6.20 Å². The highest BCUT2D eigenvalue weighted by molar-refractivity contribution is 6.02. The van der Waals surface area contributed by atoms with Gasteiger partial charge in [-0.2, -0.15) is 0 Å². The molecule has 0 aliphatic heterocycles. The molecule has 0 aliphatic rings. The maximum atomic E-state index is 11.0. The fourth-order valence-corrected chi connectivity index (χ4v) is 0.768. The lowest BCUT2D eigenvalue weighted by Crippen LogP contribution is -2.08. The molecule has 0 aromatic carbocycles. The van der Waals surface area contributed by atoms with Gasteiger partial charge in [-0.1, -0.05) is 0 Å². The smallest absolute Gasteiger partial charge is 0.328 e. The van der Waals surface area contributed by atoms with Crippen LogP contribution in [0.3, 0.4) is 0 Å². The minimum absolute atomic E-state index is 0.500. The average Bonchev–Trinajstić information content (AvgIpc) is 2.16. The van der Waals surface area contributed by atoms with Crippen LogP contribution < -0.4 is 5.32 Å². The van der Waals surface area contributed by atoms with E-state index in [2.05, 4.69) is 10.3 Å². The number of carboxylic acid groups (broad SMARTS) is 1. The molecule has 0 fully saturated rings. The summed E-state index contributed by atoms with van der Waals surface area (Å²) in [6, 6.07) is 3.32. The highest BCUT2D eigenvalue weighted by Gasteiger charge is 1.97. The van der Waals surface area contributed by atoms with Gasteiger partial charge in [0.2, 0.25) is 5.91 Å². The molecule has 5 nitrogen and oxygen atoms in total. The van der Waals surface area contributed by atoms with Gasteiger partial charge in [0.1, 0.15) is 0 Å². The molecular weight excluding hydrogens is 184 g/mol. The standard InChI is InChI=1S/C9H8N2O3/c12-8(3-4-9(13)14)11-7-2-1-5-10-6-7/h1-6H,(H,11,12)(H,13,14)/b4-3-. The number of carboxylic acids is 1. The second-order valence-corrected chi connectivity index (χ2v) is 2.40. The SMILES string of the molecule is O=C(O)/C=C\C(=O)Nc1cccnc1. The summed E-state index contributed by atoms with van der Waals surface area (Å²) < 4.78 is 0. The Morgan fingerprint density at radius 3 is 2.79 bits per heavy atom. The number of amides is 1. The fourth-order valence-electron chi connectivity index (χ4n) is 0.768. The summed E-state index contributed by atoms with van der Waals surface area (Å²) in [6.07, 6.45) is 4.75. The van der Waals surface area contributed by atoms with Gasteiger partial charge in [0, 0.05) is 18.3 Å². The van der Waals surface area contributed by atoms with Gasteiger partial charge < -0.3 is 10.4 Å². The van der Waals surface area contributed by atoms with Crippen molar-refractivity contribution in [1.82, 2.24) is 4.98 Å². The molecule has 5 heteroatoms. The van der Waals surface area contributed by atoms with Crippen LogP contribution in [0.15, 0.2) is 36.7 Å². The van der Waals surface area contributed by atoms with Crippen LogP contribution in [0.5, 0.6) is 0 Å². The first-order valence-electron chi connectivity index (χ1n) is 3.80. The Hall–Kier alpha value is -2.17. The minimum atomic E-state index is -1.16. The Labute approximate surface area is 80.1 Å². The summed E-state index contributed by atoms with van der Waals surface area (Å²) in [6.45, 7) is 0. The van der Waals surface area contributed by atoms with Crippen LogP contribution >= 0.6 is 0 Å². The van der Waals surface area contributed by atoms with Gasteiger partial charge in [0.15, 0.2) is 0 Å². The van der Waals surface area contributed by atoms with Gasteiger partial charge in [-0.25, -0.2) is 4.79 Å². The highest BCUT2D eigenvalue weighted by Crippen LogP contribution is 2.01. The monoisotopic (exact) mass is 192 g/mol. The molecule has 1 heterocycles. The summed E-state index contributed by atoms with van der Waals surface area (Å²) in [7, 11) is 0. The number of aromatic nitrogens is 1. The van der Waals surface area contributed by atoms with Crippen LogP contribution in [-0.2, 0) is 9.59 Å². The van der Waals surface area contributed by atoms with E-state index in [0.29, 0.717) is 5.69 Å². The molecule has 0 spiro atoms. The van der Waals surface area contributed by atoms with Crippen LogP contribution in [0.25, 0.3) is 0 Å². The first-order chi connectivity index (χ1) is 6.68. The quantitative estimate of drug-likeness (QED) is 0.689. The molecule has 1 aromatic rings. The number of carbonyl (C=O) groups excluding carboxylic acids is 1. The van der Waals surface area contributed by atoms with Crippen molar-refractivity contribution in [2.45, 2.75) is 0 Å². The summed E-state index contributed by atoms with van der Waals surface area (Å²) in [5, 5.41) is 10.7. The zero-order chi connectivity index (χ0) is 10.4. The third kappa shape index (κ3) is 3.48. The number of hydrogen-bond acceptors (Lipinski definition) is 3. The molecule has 2 N–H and O–H groups in total. The molecule has 0 bridgehead atoms. The average molecular weight is 192 g/mol. The largest absolute Gasteiger partial charge is 0.478 e. The van der Waals surface area contributed by atoms with E-state index in [-0.39, 0.29) is 0 Å². The lowest BCUT2D eigenvalue weighted by Gasteiger charge is -1.98. The molecule has 0 aliphatic carbocycles. The molecule has 14 heavy (non-hydrogen) atoms. The first kappa shape index (κ1) is 9.91. The summed E-state index contributed by atoms with van der Waals surface area (Å²) >= 11 is 0. The van der Waals surface area contributed by atoms with Gasteiger partial charge in [-0.05, 0) is 12.1 Å². The van der Waals surface area contributed by atoms with Crippen LogP contribution in [0, 0.1) is 0 Å². The predicted octanol–water partition coefficient (Wildman–Crippen LogP) is 0.661. The number of pyridine rings is 1. The van der Waals surface area contributed by atoms with E-state index >= 15 is 0 Å². The Morgan fingerprint density at radius 2 is 2.21 bits per heavy atom.